The maximum Gasteiger partial charge on any atom is 0.252 e. The van der Waals surface area contributed by atoms with Crippen molar-refractivity contribution in [2.24, 2.45) is 0 Å². The van der Waals surface area contributed by atoms with Gasteiger partial charge in [0.25, 0.3) is 5.91 Å². The molecule has 1 amide bonds. The lowest BCUT2D eigenvalue weighted by Crippen LogP contribution is -2.28. The Morgan fingerprint density at radius 1 is 1.35 bits per heavy atom. The molecular weight excluding hydrogens is 272 g/mol. The Labute approximate surface area is 120 Å². The summed E-state index contributed by atoms with van der Waals surface area (Å²) >= 11 is 1.52. The Kier molecular flexibility index (Phi) is 3.54. The quantitative estimate of drug-likeness (QED) is 0.690. The number of fused-ring (bicyclic) bond motifs is 1. The molecule has 1 atom stereocenters. The first-order valence-corrected chi connectivity index (χ1v) is 7.24. The zero-order chi connectivity index (χ0) is 13.9. The van der Waals surface area contributed by atoms with Gasteiger partial charge < -0.3 is 15.4 Å². The molecule has 3 N–H and O–H groups in total. The number of benzene rings is 1. The van der Waals surface area contributed by atoms with Crippen LogP contribution in [-0.2, 0) is 0 Å². The third-order valence-corrected chi connectivity index (χ3v) is 3.92. The van der Waals surface area contributed by atoms with Crippen molar-refractivity contribution in [1.82, 2.24) is 10.3 Å². The molecular formula is C15H14N2O2S. The Hall–Kier alpha value is -2.11. The summed E-state index contributed by atoms with van der Waals surface area (Å²) in [6, 6.07) is 9.27. The first-order chi connectivity index (χ1) is 9.75. The lowest BCUT2D eigenvalue weighted by Gasteiger charge is -2.11. The van der Waals surface area contributed by atoms with Crippen LogP contribution in [0.4, 0.5) is 0 Å². The van der Waals surface area contributed by atoms with Gasteiger partial charge in [-0.15, -0.1) is 0 Å². The van der Waals surface area contributed by atoms with E-state index >= 15 is 0 Å². The highest BCUT2D eigenvalue weighted by Gasteiger charge is 2.13. The van der Waals surface area contributed by atoms with Gasteiger partial charge >= 0.3 is 0 Å². The van der Waals surface area contributed by atoms with Gasteiger partial charge in [-0.1, -0.05) is 6.07 Å². The molecule has 0 aliphatic rings. The van der Waals surface area contributed by atoms with Crippen LogP contribution >= 0.6 is 11.3 Å². The number of nitrogens with one attached hydrogen (secondary N) is 2. The van der Waals surface area contributed by atoms with Crippen LogP contribution < -0.4 is 5.32 Å². The van der Waals surface area contributed by atoms with Crippen molar-refractivity contribution in [1.29, 1.82) is 0 Å². The number of aromatic nitrogens is 1. The molecule has 0 radical (unpaired) electrons. The Balaban J connectivity index is 1.72. The van der Waals surface area contributed by atoms with E-state index in [0.29, 0.717) is 5.56 Å². The van der Waals surface area contributed by atoms with Crippen molar-refractivity contribution in [3.05, 3.63) is 58.4 Å². The molecule has 1 unspecified atom stereocenters. The molecule has 0 saturated heterocycles. The molecule has 1 aromatic carbocycles. The minimum Gasteiger partial charge on any atom is -0.387 e. The minimum atomic E-state index is -0.671. The van der Waals surface area contributed by atoms with E-state index in [1.807, 2.05) is 41.2 Å². The van der Waals surface area contributed by atoms with E-state index < -0.39 is 6.10 Å². The van der Waals surface area contributed by atoms with Gasteiger partial charge in [0.2, 0.25) is 0 Å². The maximum absolute atomic E-state index is 12.2. The number of aromatic amines is 1. The van der Waals surface area contributed by atoms with Crippen LogP contribution in [-0.4, -0.2) is 22.5 Å². The van der Waals surface area contributed by atoms with E-state index in [-0.39, 0.29) is 12.5 Å². The molecule has 2 heterocycles. The average Bonchev–Trinajstić information content (AvgIpc) is 3.13. The lowest BCUT2D eigenvalue weighted by atomic mass is 10.1. The summed E-state index contributed by atoms with van der Waals surface area (Å²) in [5.41, 5.74) is 2.37. The first-order valence-electron chi connectivity index (χ1n) is 6.30. The molecule has 3 rings (SSSR count). The first kappa shape index (κ1) is 12.9. The number of H-pyrrole nitrogens is 1. The fraction of sp³-hybridized carbons (Fsp3) is 0.133. The van der Waals surface area contributed by atoms with Crippen molar-refractivity contribution < 1.29 is 9.90 Å². The van der Waals surface area contributed by atoms with Crippen molar-refractivity contribution in [3.63, 3.8) is 0 Å². The molecule has 2 aromatic heterocycles. The summed E-state index contributed by atoms with van der Waals surface area (Å²) in [6.45, 7) is 0.205. The number of rotatable bonds is 4. The molecule has 102 valence electrons. The van der Waals surface area contributed by atoms with E-state index in [1.165, 1.54) is 11.3 Å². The Morgan fingerprint density at radius 2 is 2.25 bits per heavy atom. The van der Waals surface area contributed by atoms with Crippen LogP contribution in [0.5, 0.6) is 0 Å². The smallest absolute Gasteiger partial charge is 0.252 e. The Bertz CT molecular complexity index is 718. The zero-order valence-corrected chi connectivity index (χ0v) is 11.5. The van der Waals surface area contributed by atoms with E-state index in [0.717, 1.165) is 16.5 Å². The van der Waals surface area contributed by atoms with Crippen molar-refractivity contribution in [2.45, 2.75) is 6.10 Å². The topological polar surface area (TPSA) is 65.1 Å². The number of hydrogen-bond acceptors (Lipinski definition) is 3. The highest BCUT2D eigenvalue weighted by atomic mass is 32.1. The van der Waals surface area contributed by atoms with Crippen LogP contribution in [0.25, 0.3) is 10.9 Å². The van der Waals surface area contributed by atoms with Crippen molar-refractivity contribution >= 4 is 28.1 Å². The van der Waals surface area contributed by atoms with E-state index in [9.17, 15) is 9.90 Å². The van der Waals surface area contributed by atoms with Gasteiger partial charge in [-0.3, -0.25) is 4.79 Å². The highest BCUT2D eigenvalue weighted by Crippen LogP contribution is 2.18. The lowest BCUT2D eigenvalue weighted by molar-refractivity contribution is 0.0918. The molecule has 3 aromatic rings. The van der Waals surface area contributed by atoms with Crippen LogP contribution in [0.15, 0.2) is 47.3 Å². The number of aliphatic hydroxyl groups is 1. The SMILES string of the molecule is O=C(NCC(O)c1ccsc1)c1cccc2[nH]ccc12. The van der Waals surface area contributed by atoms with E-state index in [2.05, 4.69) is 10.3 Å². The summed E-state index contributed by atoms with van der Waals surface area (Å²) in [4.78, 5) is 15.3. The summed E-state index contributed by atoms with van der Waals surface area (Å²) in [5.74, 6) is -0.176. The number of carbonyl (C=O) groups excluding carboxylic acids is 1. The molecule has 0 spiro atoms. The molecule has 0 saturated carbocycles. The van der Waals surface area contributed by atoms with Gasteiger partial charge in [0.1, 0.15) is 0 Å². The number of thiophene rings is 1. The monoisotopic (exact) mass is 286 g/mol. The zero-order valence-electron chi connectivity index (χ0n) is 10.7. The van der Waals surface area contributed by atoms with E-state index in [1.54, 1.807) is 6.07 Å². The minimum absolute atomic E-state index is 0.176. The van der Waals surface area contributed by atoms with Gasteiger partial charge in [0.05, 0.1) is 6.10 Å². The number of carbonyl (C=O) groups is 1. The predicted octanol–water partition coefficient (Wildman–Crippen LogP) is 2.69. The second kappa shape index (κ2) is 5.48. The maximum atomic E-state index is 12.2. The predicted molar refractivity (Wildman–Crippen MR) is 79.9 cm³/mol. The average molecular weight is 286 g/mol. The molecule has 5 heteroatoms. The largest absolute Gasteiger partial charge is 0.387 e. The molecule has 20 heavy (non-hydrogen) atoms. The van der Waals surface area contributed by atoms with Gasteiger partial charge in [-0.05, 0) is 40.6 Å². The third kappa shape index (κ3) is 2.45. The van der Waals surface area contributed by atoms with Gasteiger partial charge in [0, 0.05) is 29.2 Å². The standard InChI is InChI=1S/C15H14N2O2S/c18-14(10-5-7-20-9-10)8-17-15(19)12-2-1-3-13-11(12)4-6-16-13/h1-7,9,14,16,18H,8H2,(H,17,19). The van der Waals surface area contributed by atoms with Gasteiger partial charge in [-0.2, -0.15) is 11.3 Å². The fourth-order valence-electron chi connectivity index (χ4n) is 2.15. The molecule has 0 aliphatic heterocycles. The van der Waals surface area contributed by atoms with Crippen LogP contribution in [0, 0.1) is 0 Å². The summed E-state index contributed by atoms with van der Waals surface area (Å²) in [6.07, 6.45) is 1.14. The number of aliphatic hydroxyl groups excluding tert-OH is 1. The fourth-order valence-corrected chi connectivity index (χ4v) is 2.86. The van der Waals surface area contributed by atoms with Crippen molar-refractivity contribution in [3.8, 4) is 0 Å². The summed E-state index contributed by atoms with van der Waals surface area (Å²) < 4.78 is 0. The summed E-state index contributed by atoms with van der Waals surface area (Å²) in [5, 5.41) is 17.4. The molecule has 0 aliphatic carbocycles. The van der Waals surface area contributed by atoms with Gasteiger partial charge in [-0.25, -0.2) is 0 Å². The molecule has 0 bridgehead atoms. The third-order valence-electron chi connectivity index (χ3n) is 3.22. The van der Waals surface area contributed by atoms with Gasteiger partial charge in [0.15, 0.2) is 0 Å². The highest BCUT2D eigenvalue weighted by molar-refractivity contribution is 7.07. The van der Waals surface area contributed by atoms with Crippen molar-refractivity contribution in [2.75, 3.05) is 6.54 Å². The normalized spacial score (nSPS) is 12.4. The van der Waals surface area contributed by atoms with Crippen LogP contribution in [0.3, 0.4) is 0 Å². The van der Waals surface area contributed by atoms with E-state index in [4.69, 9.17) is 0 Å². The number of hydrogen-bond donors (Lipinski definition) is 3. The molecule has 0 fully saturated rings. The van der Waals surface area contributed by atoms with Crippen LogP contribution in [0.2, 0.25) is 0 Å². The second-order valence-corrected chi connectivity index (χ2v) is 5.31. The number of amides is 1. The Morgan fingerprint density at radius 3 is 3.05 bits per heavy atom. The van der Waals surface area contributed by atoms with Crippen LogP contribution in [0.1, 0.15) is 22.0 Å². The molecule has 4 nitrogen and oxygen atoms in total. The second-order valence-electron chi connectivity index (χ2n) is 4.53. The summed E-state index contributed by atoms with van der Waals surface area (Å²) in [7, 11) is 0.